The molecule has 3 aliphatic rings. The SMILES string of the molecule is Cc1cc(C)c2c(C)c(C(=O)NC3C4(CCCCC4)C34CCCCC4)sc2n1. The minimum absolute atomic E-state index is 0.148. The molecule has 0 aromatic carbocycles. The van der Waals surface area contributed by atoms with Gasteiger partial charge in [0.05, 0.1) is 4.88 Å². The Morgan fingerprint density at radius 1 is 1.00 bits per heavy atom. The van der Waals surface area contributed by atoms with E-state index in [1.165, 1.54) is 75.2 Å². The fourth-order valence-electron chi connectivity index (χ4n) is 6.99. The molecule has 2 heterocycles. The summed E-state index contributed by atoms with van der Waals surface area (Å²) in [4.78, 5) is 20.0. The lowest BCUT2D eigenvalue weighted by Gasteiger charge is -2.31. The second kappa shape index (κ2) is 6.55. The van der Waals surface area contributed by atoms with Crippen LogP contribution in [0.3, 0.4) is 0 Å². The molecule has 0 unspecified atom stereocenters. The van der Waals surface area contributed by atoms with Crippen molar-refractivity contribution in [2.45, 2.75) is 91.0 Å². The average Bonchev–Trinajstić information content (AvgIpc) is 2.97. The number of carbonyl (C=O) groups is 1. The minimum atomic E-state index is 0.148. The first kappa shape index (κ1) is 18.6. The number of hydrogen-bond acceptors (Lipinski definition) is 3. The molecule has 1 amide bonds. The zero-order chi connectivity index (χ0) is 19.5. The molecule has 150 valence electrons. The van der Waals surface area contributed by atoms with Gasteiger partial charge in [-0.2, -0.15) is 0 Å². The zero-order valence-corrected chi connectivity index (χ0v) is 18.3. The van der Waals surface area contributed by atoms with Crippen molar-refractivity contribution in [1.82, 2.24) is 10.3 Å². The van der Waals surface area contributed by atoms with Gasteiger partial charge in [0.15, 0.2) is 0 Å². The number of rotatable bonds is 2. The third-order valence-electron chi connectivity index (χ3n) is 8.21. The molecule has 2 aromatic rings. The van der Waals surface area contributed by atoms with Crippen LogP contribution in [0, 0.1) is 31.6 Å². The van der Waals surface area contributed by atoms with Gasteiger partial charge in [0.1, 0.15) is 4.83 Å². The molecule has 3 saturated carbocycles. The van der Waals surface area contributed by atoms with Crippen LogP contribution in [0.1, 0.15) is 90.7 Å². The van der Waals surface area contributed by atoms with Gasteiger partial charge in [-0.05, 0) is 74.5 Å². The zero-order valence-electron chi connectivity index (χ0n) is 17.5. The number of amides is 1. The third kappa shape index (κ3) is 2.52. The Hall–Kier alpha value is -1.42. The maximum atomic E-state index is 13.4. The van der Waals surface area contributed by atoms with Crippen LogP contribution in [0.4, 0.5) is 0 Å². The smallest absolute Gasteiger partial charge is 0.261 e. The Labute approximate surface area is 172 Å². The van der Waals surface area contributed by atoms with Crippen molar-refractivity contribution in [1.29, 1.82) is 0 Å². The number of thiophene rings is 1. The summed E-state index contributed by atoms with van der Waals surface area (Å²) in [5.41, 5.74) is 4.17. The number of nitrogens with one attached hydrogen (secondary N) is 1. The summed E-state index contributed by atoms with van der Waals surface area (Å²) in [6, 6.07) is 2.52. The van der Waals surface area contributed by atoms with Crippen LogP contribution in [0.5, 0.6) is 0 Å². The molecule has 5 rings (SSSR count). The largest absolute Gasteiger partial charge is 0.347 e. The highest BCUT2D eigenvalue weighted by molar-refractivity contribution is 7.20. The van der Waals surface area contributed by atoms with Gasteiger partial charge < -0.3 is 5.32 Å². The van der Waals surface area contributed by atoms with Crippen molar-refractivity contribution in [3.63, 3.8) is 0 Å². The molecule has 0 atom stereocenters. The van der Waals surface area contributed by atoms with E-state index in [9.17, 15) is 4.79 Å². The summed E-state index contributed by atoms with van der Waals surface area (Å²) < 4.78 is 0. The van der Waals surface area contributed by atoms with Gasteiger partial charge >= 0.3 is 0 Å². The minimum Gasteiger partial charge on any atom is -0.347 e. The average molecular weight is 397 g/mol. The molecular weight excluding hydrogens is 364 g/mol. The predicted molar refractivity (Wildman–Crippen MR) is 116 cm³/mol. The van der Waals surface area contributed by atoms with Crippen LogP contribution in [0.15, 0.2) is 6.07 Å². The van der Waals surface area contributed by atoms with Crippen molar-refractivity contribution in [2.24, 2.45) is 10.8 Å². The lowest BCUT2D eigenvalue weighted by atomic mass is 9.73. The van der Waals surface area contributed by atoms with Crippen LogP contribution in [-0.4, -0.2) is 16.9 Å². The lowest BCUT2D eigenvalue weighted by molar-refractivity contribution is 0.0943. The summed E-state index contributed by atoms with van der Waals surface area (Å²) in [7, 11) is 0. The van der Waals surface area contributed by atoms with E-state index >= 15 is 0 Å². The van der Waals surface area contributed by atoms with Crippen molar-refractivity contribution in [2.75, 3.05) is 0 Å². The summed E-state index contributed by atoms with van der Waals surface area (Å²) in [6.45, 7) is 6.26. The molecule has 3 fully saturated rings. The van der Waals surface area contributed by atoms with Gasteiger partial charge in [-0.25, -0.2) is 4.98 Å². The van der Waals surface area contributed by atoms with Crippen molar-refractivity contribution >= 4 is 27.5 Å². The summed E-state index contributed by atoms with van der Waals surface area (Å²) in [5.74, 6) is 0.148. The second-order valence-electron chi connectivity index (χ2n) is 9.66. The Kier molecular flexibility index (Phi) is 4.35. The molecule has 0 aliphatic heterocycles. The molecular formula is C24H32N2OS. The van der Waals surface area contributed by atoms with Crippen LogP contribution in [-0.2, 0) is 0 Å². The van der Waals surface area contributed by atoms with E-state index in [1.54, 1.807) is 11.3 Å². The Morgan fingerprint density at radius 2 is 1.57 bits per heavy atom. The molecule has 3 aliphatic carbocycles. The fraction of sp³-hybridized carbons (Fsp3) is 0.667. The second-order valence-corrected chi connectivity index (χ2v) is 10.7. The topological polar surface area (TPSA) is 42.0 Å². The highest BCUT2D eigenvalue weighted by Gasteiger charge is 2.74. The normalized spacial score (nSPS) is 23.4. The van der Waals surface area contributed by atoms with E-state index in [2.05, 4.69) is 25.2 Å². The Morgan fingerprint density at radius 3 is 2.14 bits per heavy atom. The van der Waals surface area contributed by atoms with E-state index in [1.807, 2.05) is 6.92 Å². The van der Waals surface area contributed by atoms with Crippen LogP contribution in [0.25, 0.3) is 10.2 Å². The molecule has 1 N–H and O–H groups in total. The molecule has 2 aromatic heterocycles. The molecule has 0 saturated heterocycles. The highest BCUT2D eigenvalue weighted by Crippen LogP contribution is 2.75. The molecule has 0 bridgehead atoms. The first-order valence-corrected chi connectivity index (χ1v) is 12.0. The molecule has 4 heteroatoms. The van der Waals surface area contributed by atoms with Gasteiger partial charge in [-0.1, -0.05) is 38.5 Å². The monoisotopic (exact) mass is 396 g/mol. The van der Waals surface area contributed by atoms with Crippen molar-refractivity contribution in [3.8, 4) is 0 Å². The molecule has 0 radical (unpaired) electrons. The fourth-order valence-corrected chi connectivity index (χ4v) is 8.19. The standard InChI is InChI=1S/C24H32N2OS/c1-15-14-16(2)25-21-18(15)17(3)19(28-21)20(27)26-22-23(10-6-4-7-11-23)24(22)12-8-5-9-13-24/h14,22H,4-13H2,1-3H3,(H,26,27). The van der Waals surface area contributed by atoms with E-state index < -0.39 is 0 Å². The summed E-state index contributed by atoms with van der Waals surface area (Å²) in [6.07, 6.45) is 13.4. The number of carbonyl (C=O) groups excluding carboxylic acids is 1. The van der Waals surface area contributed by atoms with Crippen LogP contribution in [0.2, 0.25) is 0 Å². The van der Waals surface area contributed by atoms with Crippen LogP contribution < -0.4 is 5.32 Å². The number of hydrogen-bond donors (Lipinski definition) is 1. The first-order valence-electron chi connectivity index (χ1n) is 11.2. The van der Waals surface area contributed by atoms with Crippen molar-refractivity contribution < 1.29 is 4.79 Å². The van der Waals surface area contributed by atoms with Gasteiger partial charge in [0.2, 0.25) is 0 Å². The van der Waals surface area contributed by atoms with E-state index in [-0.39, 0.29) is 5.91 Å². The van der Waals surface area contributed by atoms with Crippen LogP contribution >= 0.6 is 11.3 Å². The maximum absolute atomic E-state index is 13.4. The van der Waals surface area contributed by atoms with E-state index in [4.69, 9.17) is 4.98 Å². The molecule has 3 nitrogen and oxygen atoms in total. The first-order chi connectivity index (χ1) is 13.5. The summed E-state index contributed by atoms with van der Waals surface area (Å²) in [5, 5.41) is 4.75. The Balaban J connectivity index is 1.46. The number of nitrogens with zero attached hydrogens (tertiary/aromatic N) is 1. The quantitative estimate of drug-likeness (QED) is 0.653. The number of aryl methyl sites for hydroxylation is 3. The molecule has 28 heavy (non-hydrogen) atoms. The highest BCUT2D eigenvalue weighted by atomic mass is 32.1. The van der Waals surface area contributed by atoms with E-state index in [0.717, 1.165) is 21.0 Å². The van der Waals surface area contributed by atoms with Gasteiger partial charge in [0.25, 0.3) is 5.91 Å². The number of aromatic nitrogens is 1. The number of fused-ring (bicyclic) bond motifs is 2. The van der Waals surface area contributed by atoms with E-state index in [0.29, 0.717) is 16.9 Å². The third-order valence-corrected chi connectivity index (χ3v) is 9.40. The predicted octanol–water partition coefficient (Wildman–Crippen LogP) is 6.23. The summed E-state index contributed by atoms with van der Waals surface area (Å²) >= 11 is 1.58. The maximum Gasteiger partial charge on any atom is 0.261 e. The molecule has 2 spiro atoms. The lowest BCUT2D eigenvalue weighted by Crippen LogP contribution is -2.31. The Bertz CT molecular complexity index is 908. The van der Waals surface area contributed by atoms with Gasteiger partial charge in [-0.15, -0.1) is 11.3 Å². The number of pyridine rings is 1. The van der Waals surface area contributed by atoms with Gasteiger partial charge in [0, 0.05) is 17.1 Å². The van der Waals surface area contributed by atoms with Crippen molar-refractivity contribution in [3.05, 3.63) is 27.8 Å². The van der Waals surface area contributed by atoms with Gasteiger partial charge in [-0.3, -0.25) is 4.79 Å².